The van der Waals surface area contributed by atoms with Gasteiger partial charge in [-0.1, -0.05) is 23.2 Å². The van der Waals surface area contributed by atoms with Crippen LogP contribution in [0.25, 0.3) is 10.9 Å². The lowest BCUT2D eigenvalue weighted by Gasteiger charge is -2.32. The second-order valence-electron chi connectivity index (χ2n) is 5.47. The highest BCUT2D eigenvalue weighted by Gasteiger charge is 2.14. The molecule has 1 aliphatic rings. The molecule has 1 saturated heterocycles. The minimum atomic E-state index is 0.696. The third-order valence-corrected chi connectivity index (χ3v) is 4.59. The number of aromatic nitrogens is 1. The first-order valence-electron chi connectivity index (χ1n) is 6.98. The van der Waals surface area contributed by atoms with Gasteiger partial charge in [0.15, 0.2) is 0 Å². The van der Waals surface area contributed by atoms with Gasteiger partial charge in [-0.2, -0.15) is 0 Å². The van der Waals surface area contributed by atoms with Crippen molar-refractivity contribution in [2.45, 2.75) is 6.54 Å². The summed E-state index contributed by atoms with van der Waals surface area (Å²) in [7, 11) is 2.18. The van der Waals surface area contributed by atoms with Crippen LogP contribution in [0.5, 0.6) is 0 Å². The first-order valence-corrected chi connectivity index (χ1v) is 7.74. The molecule has 0 spiro atoms. The van der Waals surface area contributed by atoms with Gasteiger partial charge in [0, 0.05) is 55.9 Å². The first-order chi connectivity index (χ1) is 9.63. The van der Waals surface area contributed by atoms with Crippen molar-refractivity contribution in [1.82, 2.24) is 14.4 Å². The Morgan fingerprint density at radius 3 is 2.55 bits per heavy atom. The number of rotatable bonds is 3. The van der Waals surface area contributed by atoms with Crippen LogP contribution in [0, 0.1) is 0 Å². The maximum Gasteiger partial charge on any atom is 0.0514 e. The van der Waals surface area contributed by atoms with Crippen molar-refractivity contribution in [1.29, 1.82) is 0 Å². The summed E-state index contributed by atoms with van der Waals surface area (Å²) < 4.78 is 2.24. The topological polar surface area (TPSA) is 11.4 Å². The molecule has 1 aliphatic heterocycles. The van der Waals surface area contributed by atoms with E-state index < -0.39 is 0 Å². The van der Waals surface area contributed by atoms with E-state index >= 15 is 0 Å². The van der Waals surface area contributed by atoms with Gasteiger partial charge in [-0.25, -0.2) is 0 Å². The molecule has 3 rings (SSSR count). The number of fused-ring (bicyclic) bond motifs is 1. The van der Waals surface area contributed by atoms with Crippen molar-refractivity contribution in [3.8, 4) is 0 Å². The number of hydrogen-bond donors (Lipinski definition) is 0. The average molecular weight is 312 g/mol. The third-order valence-electron chi connectivity index (χ3n) is 4.06. The Hall–Kier alpha value is -0.740. The fourth-order valence-electron chi connectivity index (χ4n) is 2.73. The van der Waals surface area contributed by atoms with E-state index in [1.54, 1.807) is 6.07 Å². The number of benzene rings is 1. The van der Waals surface area contributed by atoms with E-state index in [-0.39, 0.29) is 0 Å². The Kier molecular flexibility index (Phi) is 4.22. The van der Waals surface area contributed by atoms with Crippen molar-refractivity contribution < 1.29 is 0 Å². The second-order valence-corrected chi connectivity index (χ2v) is 6.32. The van der Waals surface area contributed by atoms with Gasteiger partial charge in [0.05, 0.1) is 10.5 Å². The molecule has 20 heavy (non-hydrogen) atoms. The number of halogens is 2. The van der Waals surface area contributed by atoms with Gasteiger partial charge >= 0.3 is 0 Å². The molecule has 2 aromatic rings. The quantitative estimate of drug-likeness (QED) is 0.862. The Labute approximate surface area is 129 Å². The third kappa shape index (κ3) is 2.96. The van der Waals surface area contributed by atoms with Crippen LogP contribution in [0.1, 0.15) is 0 Å². The maximum absolute atomic E-state index is 6.23. The summed E-state index contributed by atoms with van der Waals surface area (Å²) >= 11 is 12.3. The van der Waals surface area contributed by atoms with Crippen LogP contribution in [-0.2, 0) is 6.54 Å². The van der Waals surface area contributed by atoms with E-state index in [1.165, 1.54) is 0 Å². The molecule has 1 fully saturated rings. The fraction of sp³-hybridized carbons (Fsp3) is 0.467. The fourth-order valence-corrected chi connectivity index (χ4v) is 3.28. The van der Waals surface area contributed by atoms with Crippen molar-refractivity contribution in [3.05, 3.63) is 34.4 Å². The van der Waals surface area contributed by atoms with E-state index in [4.69, 9.17) is 23.2 Å². The van der Waals surface area contributed by atoms with Crippen molar-refractivity contribution in [2.75, 3.05) is 39.8 Å². The van der Waals surface area contributed by atoms with E-state index in [1.807, 2.05) is 6.07 Å². The molecule has 2 heterocycles. The smallest absolute Gasteiger partial charge is 0.0514 e. The lowest BCUT2D eigenvalue weighted by atomic mass is 10.2. The van der Waals surface area contributed by atoms with E-state index in [2.05, 4.69) is 33.7 Å². The predicted octanol–water partition coefficient (Wildman–Crippen LogP) is 3.20. The zero-order valence-corrected chi connectivity index (χ0v) is 13.2. The normalized spacial score (nSPS) is 17.9. The van der Waals surface area contributed by atoms with Gasteiger partial charge in [0.1, 0.15) is 0 Å². The van der Waals surface area contributed by atoms with Gasteiger partial charge in [-0.15, -0.1) is 0 Å². The van der Waals surface area contributed by atoms with Gasteiger partial charge in [-0.3, -0.25) is 4.90 Å². The Morgan fingerprint density at radius 1 is 1.05 bits per heavy atom. The Balaban J connectivity index is 1.72. The number of likely N-dealkylation sites (N-methyl/N-ethyl adjacent to an activating group) is 1. The molecule has 0 N–H and O–H groups in total. The van der Waals surface area contributed by atoms with Gasteiger partial charge in [0.2, 0.25) is 0 Å². The molecule has 0 aliphatic carbocycles. The van der Waals surface area contributed by atoms with E-state index in [0.29, 0.717) is 5.02 Å². The van der Waals surface area contributed by atoms with Gasteiger partial charge in [0.25, 0.3) is 0 Å². The van der Waals surface area contributed by atoms with Crippen LogP contribution in [0.2, 0.25) is 10.0 Å². The molecular weight excluding hydrogens is 293 g/mol. The summed E-state index contributed by atoms with van der Waals surface area (Å²) in [6, 6.07) is 5.86. The summed E-state index contributed by atoms with van der Waals surface area (Å²) in [5.41, 5.74) is 1.12. The van der Waals surface area contributed by atoms with Crippen LogP contribution < -0.4 is 0 Å². The molecule has 1 aromatic carbocycles. The van der Waals surface area contributed by atoms with Crippen LogP contribution in [0.3, 0.4) is 0 Å². The van der Waals surface area contributed by atoms with E-state index in [0.717, 1.165) is 55.2 Å². The SMILES string of the molecule is CN1CCN(CCn2ccc3c(Cl)cc(Cl)cc32)CC1. The summed E-state index contributed by atoms with van der Waals surface area (Å²) in [6.45, 7) is 6.66. The molecule has 0 atom stereocenters. The molecule has 0 unspecified atom stereocenters. The molecule has 1 aromatic heterocycles. The van der Waals surface area contributed by atoms with Crippen LogP contribution >= 0.6 is 23.2 Å². The molecule has 0 amide bonds. The zero-order valence-electron chi connectivity index (χ0n) is 11.6. The van der Waals surface area contributed by atoms with Crippen LogP contribution in [0.4, 0.5) is 0 Å². The highest BCUT2D eigenvalue weighted by molar-refractivity contribution is 6.38. The summed E-state index contributed by atoms with van der Waals surface area (Å²) in [6.07, 6.45) is 2.10. The van der Waals surface area contributed by atoms with Crippen molar-refractivity contribution in [3.63, 3.8) is 0 Å². The highest BCUT2D eigenvalue weighted by Crippen LogP contribution is 2.28. The van der Waals surface area contributed by atoms with Gasteiger partial charge in [-0.05, 0) is 25.2 Å². The monoisotopic (exact) mass is 311 g/mol. The molecule has 0 radical (unpaired) electrons. The molecule has 108 valence electrons. The minimum absolute atomic E-state index is 0.696. The molecular formula is C15H19Cl2N3. The Morgan fingerprint density at radius 2 is 1.80 bits per heavy atom. The highest BCUT2D eigenvalue weighted by atomic mass is 35.5. The number of hydrogen-bond acceptors (Lipinski definition) is 2. The largest absolute Gasteiger partial charge is 0.346 e. The summed E-state index contributed by atoms with van der Waals surface area (Å²) in [5.74, 6) is 0. The lowest BCUT2D eigenvalue weighted by Crippen LogP contribution is -2.45. The first kappa shape index (κ1) is 14.2. The molecule has 3 nitrogen and oxygen atoms in total. The van der Waals surface area contributed by atoms with Crippen LogP contribution in [-0.4, -0.2) is 54.1 Å². The summed E-state index contributed by atoms with van der Waals surface area (Å²) in [5, 5.41) is 2.50. The average Bonchev–Trinajstić information content (AvgIpc) is 2.81. The minimum Gasteiger partial charge on any atom is -0.346 e. The Bertz CT molecular complexity index is 600. The standard InChI is InChI=1S/C15H19Cl2N3/c1-18-4-6-19(7-5-18)8-9-20-3-2-13-14(17)10-12(16)11-15(13)20/h2-3,10-11H,4-9H2,1H3. The number of nitrogens with zero attached hydrogens (tertiary/aromatic N) is 3. The van der Waals surface area contributed by atoms with Gasteiger partial charge < -0.3 is 9.47 Å². The zero-order chi connectivity index (χ0) is 14.1. The molecule has 5 heteroatoms. The maximum atomic E-state index is 6.23. The van der Waals surface area contributed by atoms with Crippen molar-refractivity contribution >= 4 is 34.1 Å². The second kappa shape index (κ2) is 5.94. The lowest BCUT2D eigenvalue weighted by molar-refractivity contribution is 0.150. The predicted molar refractivity (Wildman–Crippen MR) is 85.9 cm³/mol. The summed E-state index contributed by atoms with van der Waals surface area (Å²) in [4.78, 5) is 4.89. The van der Waals surface area contributed by atoms with Crippen LogP contribution in [0.15, 0.2) is 24.4 Å². The molecule has 0 bridgehead atoms. The number of piperazine rings is 1. The molecule has 0 saturated carbocycles. The van der Waals surface area contributed by atoms with Crippen molar-refractivity contribution in [2.24, 2.45) is 0 Å². The van der Waals surface area contributed by atoms with E-state index in [9.17, 15) is 0 Å².